The summed E-state index contributed by atoms with van der Waals surface area (Å²) in [6.07, 6.45) is 0. The Kier molecular flexibility index (Phi) is 3.93. The molecule has 0 bridgehead atoms. The van der Waals surface area contributed by atoms with Gasteiger partial charge in [0.05, 0.1) is 10.6 Å². The Morgan fingerprint density at radius 2 is 0.944 bits per heavy atom. The van der Waals surface area contributed by atoms with Gasteiger partial charge in [-0.2, -0.15) is 0 Å². The third-order valence-electron chi connectivity index (χ3n) is 7.26. The molecule has 0 saturated carbocycles. The fraction of sp³-hybridized carbons (Fsp3) is 0. The van der Waals surface area contributed by atoms with Crippen LogP contribution >= 0.6 is 7.14 Å². The average molecular weight is 482 g/mol. The van der Waals surface area contributed by atoms with Gasteiger partial charge in [0.25, 0.3) is 0 Å². The van der Waals surface area contributed by atoms with Crippen LogP contribution in [-0.2, 0) is 4.57 Å². The Hall–Kier alpha value is -4.33. The van der Waals surface area contributed by atoms with Gasteiger partial charge in [-0.25, -0.2) is 0 Å². The largest absolute Gasteiger partial charge is 0.456 e. The van der Waals surface area contributed by atoms with Crippen molar-refractivity contribution in [2.24, 2.45) is 0 Å². The number of ether oxygens (including phenoxy) is 2. The van der Waals surface area contributed by atoms with E-state index < -0.39 is 7.14 Å². The highest BCUT2D eigenvalue weighted by Crippen LogP contribution is 2.61. The van der Waals surface area contributed by atoms with Crippen molar-refractivity contribution in [2.45, 2.75) is 0 Å². The average Bonchev–Trinajstić information content (AvgIpc) is 2.92. The zero-order valence-corrected chi connectivity index (χ0v) is 20.0. The molecule has 36 heavy (non-hydrogen) atoms. The second kappa shape index (κ2) is 7.10. The molecule has 0 atom stereocenters. The highest BCUT2D eigenvalue weighted by Gasteiger charge is 2.48. The second-order valence-electron chi connectivity index (χ2n) is 9.27. The van der Waals surface area contributed by atoms with Gasteiger partial charge in [0.15, 0.2) is 7.14 Å². The molecule has 0 saturated heterocycles. The molecular formula is C32H19O3P. The van der Waals surface area contributed by atoms with E-state index in [9.17, 15) is 0 Å². The Balaban J connectivity index is 1.54. The minimum atomic E-state index is -3.37. The van der Waals surface area contributed by atoms with E-state index in [1.807, 2.05) is 91.0 Å². The van der Waals surface area contributed by atoms with Crippen molar-refractivity contribution in [3.8, 4) is 34.1 Å². The molecule has 0 N–H and O–H groups in total. The number of hydrogen-bond acceptors (Lipinski definition) is 3. The van der Waals surface area contributed by atoms with Gasteiger partial charge in [0.2, 0.25) is 0 Å². The van der Waals surface area contributed by atoms with Crippen molar-refractivity contribution in [1.29, 1.82) is 0 Å². The Labute approximate surface area is 207 Å². The molecule has 6 aromatic rings. The zero-order valence-electron chi connectivity index (χ0n) is 19.1. The molecule has 170 valence electrons. The molecule has 8 rings (SSSR count). The molecule has 6 aromatic carbocycles. The lowest BCUT2D eigenvalue weighted by Gasteiger charge is -2.36. The topological polar surface area (TPSA) is 35.5 Å². The van der Waals surface area contributed by atoms with E-state index in [-0.39, 0.29) is 0 Å². The van der Waals surface area contributed by atoms with Crippen LogP contribution in [0.15, 0.2) is 115 Å². The Morgan fingerprint density at radius 3 is 1.50 bits per heavy atom. The van der Waals surface area contributed by atoms with Crippen LogP contribution in [-0.4, -0.2) is 0 Å². The van der Waals surface area contributed by atoms with Crippen molar-refractivity contribution in [3.63, 3.8) is 0 Å². The number of hydrogen-bond donors (Lipinski definition) is 0. The first-order chi connectivity index (χ1) is 17.7. The quantitative estimate of drug-likeness (QED) is 0.227. The predicted molar refractivity (Wildman–Crippen MR) is 146 cm³/mol. The Morgan fingerprint density at radius 1 is 0.444 bits per heavy atom. The van der Waals surface area contributed by atoms with Gasteiger partial charge in [0, 0.05) is 0 Å². The lowest BCUT2D eigenvalue weighted by atomic mass is 10.0. The van der Waals surface area contributed by atoms with Gasteiger partial charge in [-0.1, -0.05) is 91.0 Å². The van der Waals surface area contributed by atoms with Crippen LogP contribution < -0.4 is 25.4 Å². The molecule has 0 aromatic heterocycles. The van der Waals surface area contributed by atoms with E-state index >= 15 is 4.57 Å². The first-order valence-electron chi connectivity index (χ1n) is 12.0. The molecule has 2 aliphatic heterocycles. The van der Waals surface area contributed by atoms with Crippen molar-refractivity contribution >= 4 is 44.6 Å². The van der Waals surface area contributed by atoms with E-state index in [0.717, 1.165) is 43.3 Å². The number of benzene rings is 6. The standard InChI is InChI=1S/C32H19O3P/c33-36-30-24-12-6-4-10-21(24)14-16-26(30)34-28-18-23(20-8-2-1-3-9-20)19-29(32(28)36)35-27-17-15-22-11-5-7-13-25(22)31(27)36/h1-19H. The van der Waals surface area contributed by atoms with Gasteiger partial charge in [-0.15, -0.1) is 0 Å². The summed E-state index contributed by atoms with van der Waals surface area (Å²) in [6.45, 7) is 0. The normalized spacial score (nSPS) is 14.3. The third-order valence-corrected chi connectivity index (χ3v) is 10.5. The lowest BCUT2D eigenvalue weighted by Crippen LogP contribution is -2.35. The van der Waals surface area contributed by atoms with Gasteiger partial charge in [0.1, 0.15) is 28.3 Å². The highest BCUT2D eigenvalue weighted by atomic mass is 31.2. The second-order valence-corrected chi connectivity index (χ2v) is 11.8. The molecule has 0 unspecified atom stereocenters. The van der Waals surface area contributed by atoms with Crippen molar-refractivity contribution < 1.29 is 14.0 Å². The third kappa shape index (κ3) is 2.56. The minimum absolute atomic E-state index is 0.594. The summed E-state index contributed by atoms with van der Waals surface area (Å²) in [5, 5.41) is 6.12. The summed E-state index contributed by atoms with van der Waals surface area (Å²) in [7, 11) is -3.37. The van der Waals surface area contributed by atoms with Crippen LogP contribution in [0, 0.1) is 0 Å². The van der Waals surface area contributed by atoms with Crippen LogP contribution in [0.2, 0.25) is 0 Å². The molecule has 2 heterocycles. The molecule has 0 radical (unpaired) electrons. The molecule has 0 aliphatic carbocycles. The predicted octanol–water partition coefficient (Wildman–Crippen LogP) is 7.51. The van der Waals surface area contributed by atoms with Crippen LogP contribution in [0.3, 0.4) is 0 Å². The van der Waals surface area contributed by atoms with E-state index in [1.165, 1.54) is 0 Å². The van der Waals surface area contributed by atoms with Crippen molar-refractivity contribution in [1.82, 2.24) is 0 Å². The molecule has 3 nitrogen and oxygen atoms in total. The zero-order chi connectivity index (χ0) is 23.9. The van der Waals surface area contributed by atoms with Crippen molar-refractivity contribution in [2.75, 3.05) is 0 Å². The molecule has 2 aliphatic rings. The monoisotopic (exact) mass is 482 g/mol. The fourth-order valence-corrected chi connectivity index (χ4v) is 9.16. The molecule has 0 spiro atoms. The van der Waals surface area contributed by atoms with Gasteiger partial charge in [-0.05, 0) is 56.9 Å². The molecule has 0 amide bonds. The summed E-state index contributed by atoms with van der Waals surface area (Å²) in [6, 6.07) is 38.3. The van der Waals surface area contributed by atoms with E-state index in [1.54, 1.807) is 0 Å². The Bertz CT molecular complexity index is 1810. The van der Waals surface area contributed by atoms with Gasteiger partial charge < -0.3 is 14.0 Å². The maximum atomic E-state index is 15.9. The van der Waals surface area contributed by atoms with Crippen LogP contribution in [0.25, 0.3) is 32.7 Å². The SMILES string of the molecule is O=P12c3c(cc(-c4ccccc4)cc3Oc3ccc4ccccc4c31)Oc1ccc3ccccc3c12. The maximum Gasteiger partial charge on any atom is 0.186 e. The van der Waals surface area contributed by atoms with Gasteiger partial charge >= 0.3 is 0 Å². The number of rotatable bonds is 1. The lowest BCUT2D eigenvalue weighted by molar-refractivity contribution is 0.463. The summed E-state index contributed by atoms with van der Waals surface area (Å²) in [5.74, 6) is 2.47. The molecule has 4 heteroatoms. The van der Waals surface area contributed by atoms with E-state index in [0.29, 0.717) is 28.3 Å². The first-order valence-corrected chi connectivity index (χ1v) is 13.7. The summed E-state index contributed by atoms with van der Waals surface area (Å²) >= 11 is 0. The molecular weight excluding hydrogens is 463 g/mol. The van der Waals surface area contributed by atoms with Crippen LogP contribution in [0.1, 0.15) is 0 Å². The maximum absolute atomic E-state index is 15.9. The smallest absolute Gasteiger partial charge is 0.186 e. The number of fused-ring (bicyclic) bond motifs is 8. The van der Waals surface area contributed by atoms with Crippen LogP contribution in [0.5, 0.6) is 23.0 Å². The highest BCUT2D eigenvalue weighted by molar-refractivity contribution is 7.87. The minimum Gasteiger partial charge on any atom is -0.456 e. The summed E-state index contributed by atoms with van der Waals surface area (Å²) in [5.41, 5.74) is 2.01. The fourth-order valence-electron chi connectivity index (χ4n) is 5.70. The first kappa shape index (κ1) is 19.9. The van der Waals surface area contributed by atoms with Crippen LogP contribution in [0.4, 0.5) is 0 Å². The molecule has 0 fully saturated rings. The van der Waals surface area contributed by atoms with Gasteiger partial charge in [-0.3, -0.25) is 0 Å². The summed E-state index contributed by atoms with van der Waals surface area (Å²) in [4.78, 5) is 0. The van der Waals surface area contributed by atoms with E-state index in [2.05, 4.69) is 24.3 Å². The summed E-state index contributed by atoms with van der Waals surface area (Å²) < 4.78 is 28.9. The van der Waals surface area contributed by atoms with E-state index in [4.69, 9.17) is 9.47 Å². The van der Waals surface area contributed by atoms with Crippen molar-refractivity contribution in [3.05, 3.63) is 115 Å².